The molecule has 4 N–H and O–H groups in total. The lowest BCUT2D eigenvalue weighted by molar-refractivity contribution is -0.116. The van der Waals surface area contributed by atoms with Crippen LogP contribution >= 0.6 is 0 Å². The zero-order valence-electron chi connectivity index (χ0n) is 13.5. The van der Waals surface area contributed by atoms with Crippen LogP contribution in [0.25, 0.3) is 0 Å². The lowest BCUT2D eigenvalue weighted by Gasteiger charge is -2.07. The van der Waals surface area contributed by atoms with E-state index in [9.17, 15) is 17.6 Å². The number of carbonyl (C=O) groups is 1. The van der Waals surface area contributed by atoms with Crippen molar-refractivity contribution in [2.24, 2.45) is 5.14 Å². The normalized spacial score (nSPS) is 11.3. The summed E-state index contributed by atoms with van der Waals surface area (Å²) in [5, 5.41) is 10.8. The molecule has 0 radical (unpaired) electrons. The summed E-state index contributed by atoms with van der Waals surface area (Å²) in [7, 11) is -3.67. The molecule has 0 spiro atoms. The van der Waals surface area contributed by atoms with Crippen LogP contribution < -0.4 is 15.8 Å². The molecule has 25 heavy (non-hydrogen) atoms. The fourth-order valence-electron chi connectivity index (χ4n) is 2.20. The van der Waals surface area contributed by atoms with Gasteiger partial charge in [0.2, 0.25) is 15.9 Å². The highest BCUT2D eigenvalue weighted by atomic mass is 32.2. The number of halogens is 1. The van der Waals surface area contributed by atoms with E-state index in [2.05, 4.69) is 10.6 Å². The number of benzene rings is 2. The molecule has 0 aliphatic heterocycles. The monoisotopic (exact) mass is 365 g/mol. The second kappa shape index (κ2) is 8.70. The summed E-state index contributed by atoms with van der Waals surface area (Å²) in [6.07, 6.45) is 0.956. The summed E-state index contributed by atoms with van der Waals surface area (Å²) in [6, 6.07) is 12.1. The summed E-state index contributed by atoms with van der Waals surface area (Å²) in [5.41, 5.74) is 1.39. The number of carbonyl (C=O) groups excluding carboxylic acids is 1. The van der Waals surface area contributed by atoms with Crippen LogP contribution in [0.2, 0.25) is 0 Å². The third-order valence-electron chi connectivity index (χ3n) is 3.48. The summed E-state index contributed by atoms with van der Waals surface area (Å²) in [6.45, 7) is 1.12. The number of anilines is 1. The van der Waals surface area contributed by atoms with Gasteiger partial charge in [-0.25, -0.2) is 17.9 Å². The molecule has 0 atom stereocenters. The molecule has 0 aliphatic rings. The molecule has 0 aliphatic carbocycles. The van der Waals surface area contributed by atoms with Crippen molar-refractivity contribution in [3.05, 3.63) is 59.9 Å². The van der Waals surface area contributed by atoms with Crippen molar-refractivity contribution in [2.75, 3.05) is 18.4 Å². The summed E-state index contributed by atoms with van der Waals surface area (Å²) >= 11 is 0. The third-order valence-corrected chi connectivity index (χ3v) is 4.41. The van der Waals surface area contributed by atoms with Crippen LogP contribution in [0.15, 0.2) is 53.4 Å². The molecule has 2 aromatic rings. The first-order valence-electron chi connectivity index (χ1n) is 7.72. The Morgan fingerprint density at radius 3 is 2.44 bits per heavy atom. The molecule has 0 heterocycles. The van der Waals surface area contributed by atoms with Gasteiger partial charge in [-0.1, -0.05) is 18.2 Å². The van der Waals surface area contributed by atoms with E-state index in [-0.39, 0.29) is 17.2 Å². The number of hydrogen-bond donors (Lipinski definition) is 3. The van der Waals surface area contributed by atoms with Crippen molar-refractivity contribution >= 4 is 21.6 Å². The van der Waals surface area contributed by atoms with Crippen molar-refractivity contribution in [3.8, 4) is 0 Å². The minimum Gasteiger partial charge on any atom is -0.326 e. The predicted octanol–water partition coefficient (Wildman–Crippen LogP) is 1.63. The molecular weight excluding hydrogens is 345 g/mol. The number of rotatable bonds is 8. The maximum Gasteiger partial charge on any atom is 0.238 e. The molecular formula is C17H20FN3O3S. The number of sulfonamides is 1. The first kappa shape index (κ1) is 19.0. The number of hydrogen-bond acceptors (Lipinski definition) is 4. The molecule has 0 saturated carbocycles. The Balaban J connectivity index is 1.67. The van der Waals surface area contributed by atoms with Gasteiger partial charge >= 0.3 is 0 Å². The van der Waals surface area contributed by atoms with Crippen LogP contribution in [0.4, 0.5) is 10.1 Å². The minimum absolute atomic E-state index is 0.0817. The Labute approximate surface area is 146 Å². The van der Waals surface area contributed by atoms with Crippen LogP contribution in [0.5, 0.6) is 0 Å². The van der Waals surface area contributed by atoms with Gasteiger partial charge in [0.25, 0.3) is 0 Å². The van der Waals surface area contributed by atoms with Gasteiger partial charge in [0.1, 0.15) is 5.82 Å². The summed E-state index contributed by atoms with van der Waals surface area (Å²) in [5.74, 6) is -0.597. The number of amides is 1. The molecule has 2 aromatic carbocycles. The molecule has 6 nitrogen and oxygen atoms in total. The Hall–Kier alpha value is -2.29. The van der Waals surface area contributed by atoms with Gasteiger partial charge in [0.05, 0.1) is 4.90 Å². The van der Waals surface area contributed by atoms with Crippen LogP contribution in [0, 0.1) is 5.82 Å². The first-order valence-corrected chi connectivity index (χ1v) is 9.27. The fourth-order valence-corrected chi connectivity index (χ4v) is 2.71. The number of nitrogens with two attached hydrogens (primary N) is 1. The Morgan fingerprint density at radius 2 is 1.80 bits per heavy atom. The molecule has 0 fully saturated rings. The van der Waals surface area contributed by atoms with Crippen molar-refractivity contribution in [1.82, 2.24) is 5.32 Å². The van der Waals surface area contributed by atoms with Crippen molar-refractivity contribution < 1.29 is 17.6 Å². The molecule has 134 valence electrons. The van der Waals surface area contributed by atoms with Gasteiger partial charge in [0.15, 0.2) is 0 Å². The van der Waals surface area contributed by atoms with Crippen molar-refractivity contribution in [2.45, 2.75) is 17.7 Å². The van der Waals surface area contributed by atoms with E-state index < -0.39 is 15.8 Å². The molecule has 0 saturated heterocycles. The van der Waals surface area contributed by atoms with Gasteiger partial charge in [0, 0.05) is 18.7 Å². The molecule has 0 bridgehead atoms. The maximum atomic E-state index is 13.0. The Morgan fingerprint density at radius 1 is 1.08 bits per heavy atom. The lowest BCUT2D eigenvalue weighted by Crippen LogP contribution is -2.23. The molecule has 8 heteroatoms. The highest BCUT2D eigenvalue weighted by Crippen LogP contribution is 2.10. The van der Waals surface area contributed by atoms with E-state index >= 15 is 0 Å². The quantitative estimate of drug-likeness (QED) is 0.619. The third kappa shape index (κ3) is 6.61. The number of primary sulfonamides is 1. The standard InChI is InChI=1S/C17H20FN3O3S/c18-14-2-1-3-15(12-14)21-17(22)9-11-20-10-8-13-4-6-16(7-5-13)25(19,23)24/h1-7,12,20H,8-11H2,(H,21,22)(H2,19,23,24). The van der Waals surface area contributed by atoms with Gasteiger partial charge in [-0.3, -0.25) is 4.79 Å². The van der Waals surface area contributed by atoms with Crippen molar-refractivity contribution in [1.29, 1.82) is 0 Å². The topological polar surface area (TPSA) is 101 Å². The lowest BCUT2D eigenvalue weighted by atomic mass is 10.1. The fraction of sp³-hybridized carbons (Fsp3) is 0.235. The van der Waals surface area contributed by atoms with E-state index in [1.807, 2.05) is 0 Å². The molecule has 0 unspecified atom stereocenters. The number of nitrogens with one attached hydrogen (secondary N) is 2. The minimum atomic E-state index is -3.67. The van der Waals surface area contributed by atoms with E-state index in [1.54, 1.807) is 18.2 Å². The van der Waals surface area contributed by atoms with Crippen LogP contribution in [0.3, 0.4) is 0 Å². The predicted molar refractivity (Wildman–Crippen MR) is 94.0 cm³/mol. The van der Waals surface area contributed by atoms with E-state index in [0.717, 1.165) is 5.56 Å². The average Bonchev–Trinajstić information content (AvgIpc) is 2.54. The van der Waals surface area contributed by atoms with Crippen LogP contribution in [0.1, 0.15) is 12.0 Å². The van der Waals surface area contributed by atoms with E-state index in [4.69, 9.17) is 5.14 Å². The maximum absolute atomic E-state index is 13.0. The van der Waals surface area contributed by atoms with E-state index in [0.29, 0.717) is 25.2 Å². The Bertz CT molecular complexity index is 823. The zero-order chi connectivity index (χ0) is 18.3. The van der Waals surface area contributed by atoms with Crippen LogP contribution in [-0.2, 0) is 21.2 Å². The largest absolute Gasteiger partial charge is 0.326 e. The highest BCUT2D eigenvalue weighted by molar-refractivity contribution is 7.89. The highest BCUT2D eigenvalue weighted by Gasteiger charge is 2.06. The van der Waals surface area contributed by atoms with Gasteiger partial charge in [-0.15, -0.1) is 0 Å². The van der Waals surface area contributed by atoms with Gasteiger partial charge in [-0.05, 0) is 48.9 Å². The first-order chi connectivity index (χ1) is 11.8. The van der Waals surface area contributed by atoms with Gasteiger partial charge in [-0.2, -0.15) is 0 Å². The second-order valence-electron chi connectivity index (χ2n) is 5.50. The molecule has 1 amide bonds. The molecule has 2 rings (SSSR count). The van der Waals surface area contributed by atoms with Crippen LogP contribution in [-0.4, -0.2) is 27.4 Å². The molecule has 0 aromatic heterocycles. The van der Waals surface area contributed by atoms with E-state index in [1.165, 1.54) is 30.3 Å². The Kier molecular flexibility index (Phi) is 6.63. The SMILES string of the molecule is NS(=O)(=O)c1ccc(CCNCCC(=O)Nc2cccc(F)c2)cc1. The van der Waals surface area contributed by atoms with Crippen molar-refractivity contribution in [3.63, 3.8) is 0 Å². The summed E-state index contributed by atoms with van der Waals surface area (Å²) < 4.78 is 35.3. The van der Waals surface area contributed by atoms with Gasteiger partial charge < -0.3 is 10.6 Å². The second-order valence-corrected chi connectivity index (χ2v) is 7.06. The smallest absolute Gasteiger partial charge is 0.238 e. The summed E-state index contributed by atoms with van der Waals surface area (Å²) in [4.78, 5) is 11.8. The zero-order valence-corrected chi connectivity index (χ0v) is 14.4. The average molecular weight is 365 g/mol.